The molecule has 1 aliphatic rings. The molecule has 5 heteroatoms. The third-order valence-electron chi connectivity index (χ3n) is 2.33. The second-order valence-electron chi connectivity index (χ2n) is 4.78. The van der Waals surface area contributed by atoms with Gasteiger partial charge in [0.05, 0.1) is 18.8 Å². The number of aliphatic hydroxyl groups excluding tert-OH is 2. The quantitative estimate of drug-likeness (QED) is 0.665. The summed E-state index contributed by atoms with van der Waals surface area (Å²) >= 11 is 0. The average molecular weight is 217 g/mol. The number of amides is 1. The van der Waals surface area contributed by atoms with Crippen LogP contribution in [-0.4, -0.2) is 52.1 Å². The predicted molar refractivity (Wildman–Crippen MR) is 54.4 cm³/mol. The molecule has 15 heavy (non-hydrogen) atoms. The van der Waals surface area contributed by atoms with E-state index in [0.29, 0.717) is 13.0 Å². The van der Waals surface area contributed by atoms with E-state index >= 15 is 0 Å². The van der Waals surface area contributed by atoms with Gasteiger partial charge in [0.1, 0.15) is 5.60 Å². The fourth-order valence-electron chi connectivity index (χ4n) is 1.60. The van der Waals surface area contributed by atoms with Gasteiger partial charge in [-0.25, -0.2) is 4.79 Å². The van der Waals surface area contributed by atoms with Gasteiger partial charge in [0.2, 0.25) is 0 Å². The van der Waals surface area contributed by atoms with Gasteiger partial charge in [0, 0.05) is 6.54 Å². The summed E-state index contributed by atoms with van der Waals surface area (Å²) in [7, 11) is 0. The molecule has 88 valence electrons. The van der Waals surface area contributed by atoms with Crippen LogP contribution in [0.3, 0.4) is 0 Å². The molecular formula is C10H19NO4. The molecule has 0 aromatic carbocycles. The molecule has 1 rings (SSSR count). The molecule has 1 aliphatic heterocycles. The minimum Gasteiger partial charge on any atom is -0.444 e. The Labute approximate surface area is 89.6 Å². The summed E-state index contributed by atoms with van der Waals surface area (Å²) in [5.41, 5.74) is -0.551. The highest BCUT2D eigenvalue weighted by Gasteiger charge is 2.37. The van der Waals surface area contributed by atoms with E-state index in [0.717, 1.165) is 0 Å². The maximum atomic E-state index is 11.7. The first-order chi connectivity index (χ1) is 6.85. The third kappa shape index (κ3) is 3.07. The van der Waals surface area contributed by atoms with E-state index in [-0.39, 0.29) is 6.61 Å². The van der Waals surface area contributed by atoms with Crippen molar-refractivity contribution in [2.75, 3.05) is 13.2 Å². The largest absolute Gasteiger partial charge is 0.444 e. The Bertz CT molecular complexity index is 236. The number of rotatable bonds is 1. The summed E-state index contributed by atoms with van der Waals surface area (Å²) in [6, 6.07) is -0.528. The van der Waals surface area contributed by atoms with Crippen molar-refractivity contribution in [1.29, 1.82) is 0 Å². The van der Waals surface area contributed by atoms with Gasteiger partial charge in [-0.15, -0.1) is 0 Å². The molecule has 0 bridgehead atoms. The molecule has 1 amide bonds. The van der Waals surface area contributed by atoms with Crippen LogP contribution in [0, 0.1) is 0 Å². The topological polar surface area (TPSA) is 70.0 Å². The molecule has 0 unspecified atom stereocenters. The number of likely N-dealkylation sites (tertiary alicyclic amines) is 1. The summed E-state index contributed by atoms with van der Waals surface area (Å²) in [6.07, 6.45) is -0.634. The molecular weight excluding hydrogens is 198 g/mol. The van der Waals surface area contributed by atoms with Crippen molar-refractivity contribution in [3.63, 3.8) is 0 Å². The summed E-state index contributed by atoms with van der Waals surface area (Å²) in [5, 5.41) is 18.5. The molecule has 1 fully saturated rings. The second-order valence-corrected chi connectivity index (χ2v) is 4.78. The number of nitrogens with zero attached hydrogens (tertiary/aromatic N) is 1. The van der Waals surface area contributed by atoms with Gasteiger partial charge in [-0.3, -0.25) is 0 Å². The van der Waals surface area contributed by atoms with Gasteiger partial charge >= 0.3 is 6.09 Å². The Morgan fingerprint density at radius 3 is 2.60 bits per heavy atom. The minimum absolute atomic E-state index is 0.236. The summed E-state index contributed by atoms with van der Waals surface area (Å²) in [5.74, 6) is 0. The Hall–Kier alpha value is -0.810. The highest BCUT2D eigenvalue weighted by Crippen LogP contribution is 2.20. The Kier molecular flexibility index (Phi) is 3.57. The van der Waals surface area contributed by atoms with Crippen LogP contribution >= 0.6 is 0 Å². The number of aliphatic hydroxyl groups is 2. The maximum Gasteiger partial charge on any atom is 0.410 e. The van der Waals surface area contributed by atoms with Crippen LogP contribution < -0.4 is 0 Å². The van der Waals surface area contributed by atoms with Gasteiger partial charge < -0.3 is 19.8 Å². The van der Waals surface area contributed by atoms with Crippen molar-refractivity contribution in [2.45, 2.75) is 44.9 Å². The number of ether oxygens (including phenoxy) is 1. The number of carbonyl (C=O) groups excluding carboxylic acids is 1. The molecule has 1 saturated heterocycles. The summed E-state index contributed by atoms with van der Waals surface area (Å²) < 4.78 is 5.17. The van der Waals surface area contributed by atoms with Gasteiger partial charge in [-0.1, -0.05) is 0 Å². The van der Waals surface area contributed by atoms with Gasteiger partial charge in [0.15, 0.2) is 0 Å². The van der Waals surface area contributed by atoms with E-state index in [2.05, 4.69) is 0 Å². The summed E-state index contributed by atoms with van der Waals surface area (Å²) in [4.78, 5) is 13.0. The van der Waals surface area contributed by atoms with Crippen LogP contribution in [0.5, 0.6) is 0 Å². The minimum atomic E-state index is -0.650. The smallest absolute Gasteiger partial charge is 0.410 e. The first kappa shape index (κ1) is 12.3. The zero-order valence-corrected chi connectivity index (χ0v) is 9.43. The maximum absolute atomic E-state index is 11.7. The van der Waals surface area contributed by atoms with Crippen LogP contribution in [0.4, 0.5) is 4.79 Å². The SMILES string of the molecule is CC(C)(C)OC(=O)N1CC[C@H](O)[C@@H]1CO. The Balaban J connectivity index is 2.60. The van der Waals surface area contributed by atoms with Crippen molar-refractivity contribution in [3.8, 4) is 0 Å². The molecule has 5 nitrogen and oxygen atoms in total. The number of hydrogen-bond acceptors (Lipinski definition) is 4. The van der Waals surface area contributed by atoms with Gasteiger partial charge in [-0.2, -0.15) is 0 Å². The molecule has 0 saturated carbocycles. The van der Waals surface area contributed by atoms with Crippen LogP contribution in [0.15, 0.2) is 0 Å². The van der Waals surface area contributed by atoms with E-state index in [9.17, 15) is 9.90 Å². The lowest BCUT2D eigenvalue weighted by Gasteiger charge is -2.28. The molecule has 1 heterocycles. The lowest BCUT2D eigenvalue weighted by Crippen LogP contribution is -2.44. The van der Waals surface area contributed by atoms with E-state index in [1.807, 2.05) is 0 Å². The first-order valence-corrected chi connectivity index (χ1v) is 5.13. The monoisotopic (exact) mass is 217 g/mol. The van der Waals surface area contributed by atoms with Crippen LogP contribution in [-0.2, 0) is 4.74 Å². The van der Waals surface area contributed by atoms with E-state index in [1.165, 1.54) is 4.90 Å². The van der Waals surface area contributed by atoms with Gasteiger partial charge in [0.25, 0.3) is 0 Å². The molecule has 2 atom stereocenters. The van der Waals surface area contributed by atoms with Crippen LogP contribution in [0.2, 0.25) is 0 Å². The molecule has 0 spiro atoms. The molecule has 0 aromatic rings. The van der Waals surface area contributed by atoms with E-state index in [1.54, 1.807) is 20.8 Å². The molecule has 0 aromatic heterocycles. The van der Waals surface area contributed by atoms with E-state index in [4.69, 9.17) is 9.84 Å². The van der Waals surface area contributed by atoms with Crippen LogP contribution in [0.25, 0.3) is 0 Å². The highest BCUT2D eigenvalue weighted by molar-refractivity contribution is 5.69. The highest BCUT2D eigenvalue weighted by atomic mass is 16.6. The standard InChI is InChI=1S/C10H19NO4/c1-10(2,3)15-9(14)11-5-4-8(13)7(11)6-12/h7-8,12-13H,4-6H2,1-3H3/t7-,8-/m0/s1. The first-order valence-electron chi connectivity index (χ1n) is 5.13. The Morgan fingerprint density at radius 2 is 2.13 bits per heavy atom. The van der Waals surface area contributed by atoms with Crippen molar-refractivity contribution < 1.29 is 19.7 Å². The predicted octanol–water partition coefficient (Wildman–Crippen LogP) is 0.349. The second kappa shape index (κ2) is 4.37. The van der Waals surface area contributed by atoms with Crippen molar-refractivity contribution in [3.05, 3.63) is 0 Å². The molecule has 0 aliphatic carbocycles. The number of carbonyl (C=O) groups is 1. The Morgan fingerprint density at radius 1 is 1.53 bits per heavy atom. The fraction of sp³-hybridized carbons (Fsp3) is 0.900. The lowest BCUT2D eigenvalue weighted by atomic mass is 10.2. The molecule has 0 radical (unpaired) electrons. The zero-order valence-electron chi connectivity index (χ0n) is 9.43. The molecule has 2 N–H and O–H groups in total. The van der Waals surface area contributed by atoms with Crippen molar-refractivity contribution in [1.82, 2.24) is 4.90 Å². The third-order valence-corrected chi connectivity index (χ3v) is 2.33. The van der Waals surface area contributed by atoms with Crippen molar-refractivity contribution >= 4 is 6.09 Å². The number of hydrogen-bond donors (Lipinski definition) is 2. The van der Waals surface area contributed by atoms with Gasteiger partial charge in [-0.05, 0) is 27.2 Å². The summed E-state index contributed by atoms with van der Waals surface area (Å²) in [6.45, 7) is 5.55. The zero-order chi connectivity index (χ0) is 11.6. The normalized spacial score (nSPS) is 26.9. The van der Waals surface area contributed by atoms with Crippen LogP contribution in [0.1, 0.15) is 27.2 Å². The fourth-order valence-corrected chi connectivity index (χ4v) is 1.60. The lowest BCUT2D eigenvalue weighted by molar-refractivity contribution is 0.00661. The van der Waals surface area contributed by atoms with E-state index < -0.39 is 23.8 Å². The average Bonchev–Trinajstić information content (AvgIpc) is 2.43. The van der Waals surface area contributed by atoms with Crippen molar-refractivity contribution in [2.24, 2.45) is 0 Å².